The van der Waals surface area contributed by atoms with Gasteiger partial charge in [-0.25, -0.2) is 0 Å². The zero-order chi connectivity index (χ0) is 9.80. The Hall–Kier alpha value is -1.48. The van der Waals surface area contributed by atoms with Crippen LogP contribution < -0.4 is 5.73 Å². The summed E-state index contributed by atoms with van der Waals surface area (Å²) in [4.78, 5) is 6.36. The molecule has 3 heteroatoms. The molecular weight excluding hydrogens is 192 g/mol. The molecule has 14 heavy (non-hydrogen) atoms. The second-order valence-electron chi connectivity index (χ2n) is 2.86. The molecule has 1 heterocycles. The fraction of sp³-hybridized carbons (Fsp3) is 0. The third kappa shape index (κ3) is 2.26. The largest absolute Gasteiger partial charge is 0.399 e. The van der Waals surface area contributed by atoms with Crippen LogP contribution in [0.2, 0.25) is 0 Å². The number of nitrogens with two attached hydrogens (primary N) is 1. The summed E-state index contributed by atoms with van der Waals surface area (Å²) in [5, 5.41) is 0. The summed E-state index contributed by atoms with van der Waals surface area (Å²) < 4.78 is 0. The first-order valence-electron chi connectivity index (χ1n) is 4.28. The predicted octanol–water partition coefficient (Wildman–Crippen LogP) is 2.82. The van der Waals surface area contributed by atoms with Crippen molar-refractivity contribution < 1.29 is 0 Å². The van der Waals surface area contributed by atoms with E-state index < -0.39 is 0 Å². The Kier molecular flexibility index (Phi) is 2.70. The Balaban J connectivity index is 2.16. The Morgan fingerprint density at radius 2 is 1.79 bits per heavy atom. The van der Waals surface area contributed by atoms with Gasteiger partial charge in [-0.05, 0) is 36.4 Å². The maximum absolute atomic E-state index is 5.60. The average Bonchev–Trinajstić information content (AvgIpc) is 2.23. The van der Waals surface area contributed by atoms with Crippen LogP contribution in [0, 0.1) is 0 Å². The number of aromatic nitrogens is 1. The second kappa shape index (κ2) is 4.15. The van der Waals surface area contributed by atoms with Crippen LogP contribution in [-0.4, -0.2) is 4.98 Å². The number of benzene rings is 1. The van der Waals surface area contributed by atoms with Gasteiger partial charge in [0.2, 0.25) is 0 Å². The Bertz CT molecular complexity index is 397. The van der Waals surface area contributed by atoms with E-state index >= 15 is 0 Å². The number of nitrogen functional groups attached to an aromatic ring is 1. The summed E-state index contributed by atoms with van der Waals surface area (Å²) in [6, 6.07) is 11.8. The SMILES string of the molecule is Nc1ccc(Sc2cccnc2)cc1. The summed E-state index contributed by atoms with van der Waals surface area (Å²) >= 11 is 1.68. The zero-order valence-corrected chi connectivity index (χ0v) is 8.37. The van der Waals surface area contributed by atoms with Gasteiger partial charge in [-0.2, -0.15) is 0 Å². The first-order valence-corrected chi connectivity index (χ1v) is 5.10. The minimum Gasteiger partial charge on any atom is -0.399 e. The summed E-state index contributed by atoms with van der Waals surface area (Å²) in [7, 11) is 0. The summed E-state index contributed by atoms with van der Waals surface area (Å²) in [5.74, 6) is 0. The molecule has 0 fully saturated rings. The van der Waals surface area contributed by atoms with Crippen molar-refractivity contribution >= 4 is 17.4 Å². The average molecular weight is 202 g/mol. The molecule has 2 rings (SSSR count). The topological polar surface area (TPSA) is 38.9 Å². The molecule has 0 aliphatic carbocycles. The van der Waals surface area contributed by atoms with Gasteiger partial charge in [0.05, 0.1) is 0 Å². The molecule has 0 aliphatic heterocycles. The lowest BCUT2D eigenvalue weighted by Crippen LogP contribution is -1.82. The normalized spacial score (nSPS) is 10.0. The van der Waals surface area contributed by atoms with E-state index in [1.54, 1.807) is 18.0 Å². The Morgan fingerprint density at radius 3 is 2.43 bits per heavy atom. The maximum Gasteiger partial charge on any atom is 0.0407 e. The molecule has 2 nitrogen and oxygen atoms in total. The molecule has 0 aliphatic rings. The zero-order valence-electron chi connectivity index (χ0n) is 7.55. The van der Waals surface area contributed by atoms with E-state index in [-0.39, 0.29) is 0 Å². The van der Waals surface area contributed by atoms with Crippen LogP contribution in [-0.2, 0) is 0 Å². The van der Waals surface area contributed by atoms with E-state index in [0.29, 0.717) is 0 Å². The van der Waals surface area contributed by atoms with Crippen LogP contribution in [0.3, 0.4) is 0 Å². The fourth-order valence-electron chi connectivity index (χ4n) is 1.08. The molecule has 0 atom stereocenters. The Morgan fingerprint density at radius 1 is 1.00 bits per heavy atom. The minimum atomic E-state index is 0.792. The van der Waals surface area contributed by atoms with E-state index in [1.165, 1.54) is 4.90 Å². The molecule has 2 aromatic rings. The highest BCUT2D eigenvalue weighted by Gasteiger charge is 1.95. The van der Waals surface area contributed by atoms with Gasteiger partial charge in [-0.15, -0.1) is 0 Å². The quantitative estimate of drug-likeness (QED) is 0.761. The van der Waals surface area contributed by atoms with Gasteiger partial charge >= 0.3 is 0 Å². The molecule has 0 spiro atoms. The second-order valence-corrected chi connectivity index (χ2v) is 4.01. The summed E-state index contributed by atoms with van der Waals surface area (Å²) in [5.41, 5.74) is 6.39. The van der Waals surface area contributed by atoms with Crippen LogP contribution in [0.1, 0.15) is 0 Å². The minimum absolute atomic E-state index is 0.792. The van der Waals surface area contributed by atoms with E-state index in [1.807, 2.05) is 42.6 Å². The molecular formula is C11H10N2S. The lowest BCUT2D eigenvalue weighted by Gasteiger charge is -2.00. The van der Waals surface area contributed by atoms with Gasteiger partial charge in [0.15, 0.2) is 0 Å². The van der Waals surface area contributed by atoms with Gasteiger partial charge in [0.1, 0.15) is 0 Å². The highest BCUT2D eigenvalue weighted by atomic mass is 32.2. The van der Waals surface area contributed by atoms with E-state index in [9.17, 15) is 0 Å². The van der Waals surface area contributed by atoms with Crippen molar-refractivity contribution in [3.05, 3.63) is 48.8 Å². The number of pyridine rings is 1. The van der Waals surface area contributed by atoms with Crippen molar-refractivity contribution in [2.45, 2.75) is 9.79 Å². The van der Waals surface area contributed by atoms with Crippen molar-refractivity contribution in [1.29, 1.82) is 0 Å². The van der Waals surface area contributed by atoms with Crippen molar-refractivity contribution in [3.8, 4) is 0 Å². The smallest absolute Gasteiger partial charge is 0.0407 e. The third-order valence-corrected chi connectivity index (χ3v) is 2.74. The molecule has 0 saturated heterocycles. The summed E-state index contributed by atoms with van der Waals surface area (Å²) in [6.45, 7) is 0. The number of hydrogen-bond acceptors (Lipinski definition) is 3. The van der Waals surface area contributed by atoms with Crippen LogP contribution in [0.4, 0.5) is 5.69 Å². The summed E-state index contributed by atoms with van der Waals surface area (Å²) in [6.07, 6.45) is 3.62. The molecule has 0 bridgehead atoms. The third-order valence-electron chi connectivity index (χ3n) is 1.75. The van der Waals surface area contributed by atoms with Gasteiger partial charge in [0.25, 0.3) is 0 Å². The lowest BCUT2D eigenvalue weighted by molar-refractivity contribution is 1.23. The molecule has 0 amide bonds. The highest BCUT2D eigenvalue weighted by molar-refractivity contribution is 7.99. The molecule has 2 N–H and O–H groups in total. The van der Waals surface area contributed by atoms with E-state index in [0.717, 1.165) is 10.6 Å². The van der Waals surface area contributed by atoms with E-state index in [2.05, 4.69) is 4.98 Å². The molecule has 1 aromatic carbocycles. The maximum atomic E-state index is 5.60. The first-order chi connectivity index (χ1) is 6.84. The lowest BCUT2D eigenvalue weighted by atomic mass is 10.3. The standard InChI is InChI=1S/C11H10N2S/c12-9-3-5-10(6-4-9)14-11-2-1-7-13-8-11/h1-8H,12H2. The van der Waals surface area contributed by atoms with Gasteiger partial charge in [-0.3, -0.25) is 4.98 Å². The number of nitrogens with zero attached hydrogens (tertiary/aromatic N) is 1. The van der Waals surface area contributed by atoms with Gasteiger partial charge in [-0.1, -0.05) is 11.8 Å². The van der Waals surface area contributed by atoms with Gasteiger partial charge in [0, 0.05) is 27.9 Å². The molecule has 0 radical (unpaired) electrons. The molecule has 0 unspecified atom stereocenters. The van der Waals surface area contributed by atoms with Crippen molar-refractivity contribution in [2.75, 3.05) is 5.73 Å². The molecule has 1 aromatic heterocycles. The molecule has 70 valence electrons. The number of hydrogen-bond donors (Lipinski definition) is 1. The predicted molar refractivity (Wildman–Crippen MR) is 59.2 cm³/mol. The highest BCUT2D eigenvalue weighted by Crippen LogP contribution is 2.26. The van der Waals surface area contributed by atoms with Crippen molar-refractivity contribution in [2.24, 2.45) is 0 Å². The van der Waals surface area contributed by atoms with Crippen molar-refractivity contribution in [3.63, 3.8) is 0 Å². The van der Waals surface area contributed by atoms with Crippen LogP contribution >= 0.6 is 11.8 Å². The number of anilines is 1. The Labute approximate surface area is 87.2 Å². The van der Waals surface area contributed by atoms with Crippen LogP contribution in [0.15, 0.2) is 58.6 Å². The van der Waals surface area contributed by atoms with Crippen LogP contribution in [0.5, 0.6) is 0 Å². The molecule has 0 saturated carbocycles. The fourth-order valence-corrected chi connectivity index (χ4v) is 1.88. The monoisotopic (exact) mass is 202 g/mol. The number of rotatable bonds is 2. The van der Waals surface area contributed by atoms with E-state index in [4.69, 9.17) is 5.73 Å². The van der Waals surface area contributed by atoms with Crippen molar-refractivity contribution in [1.82, 2.24) is 4.98 Å². The van der Waals surface area contributed by atoms with Gasteiger partial charge < -0.3 is 5.73 Å². The van der Waals surface area contributed by atoms with Crippen LogP contribution in [0.25, 0.3) is 0 Å². The first kappa shape index (κ1) is 9.09.